The summed E-state index contributed by atoms with van der Waals surface area (Å²) >= 11 is 9.33. The van der Waals surface area contributed by atoms with Crippen molar-refractivity contribution in [3.05, 3.63) is 64.0 Å². The maximum absolute atomic E-state index is 13.3. The number of hydrogen-bond acceptors (Lipinski definition) is 5. The monoisotopic (exact) mass is 482 g/mol. The van der Waals surface area contributed by atoms with Crippen LogP contribution in [0.25, 0.3) is 20.8 Å². The Bertz CT molecular complexity index is 1260. The normalized spacial score (nSPS) is 13.7. The molecule has 0 saturated heterocycles. The Hall–Kier alpha value is -2.41. The van der Waals surface area contributed by atoms with Crippen molar-refractivity contribution in [2.24, 2.45) is 0 Å². The molecule has 1 N–H and O–H groups in total. The Kier molecular flexibility index (Phi) is 5.70. The van der Waals surface area contributed by atoms with Crippen LogP contribution >= 0.6 is 34.3 Å². The number of carbonyl (C=O) groups is 1. The molecule has 0 aliphatic heterocycles. The Morgan fingerprint density at radius 1 is 1.06 bits per heavy atom. The molecule has 2 aromatic carbocycles. The highest BCUT2D eigenvalue weighted by Gasteiger charge is 2.33. The van der Waals surface area contributed by atoms with Crippen LogP contribution in [0.4, 0.5) is 5.00 Å². The van der Waals surface area contributed by atoms with Gasteiger partial charge in [0.05, 0.1) is 10.2 Å². The number of nitrogens with zero attached hydrogens (tertiary/aromatic N) is 1. The zero-order valence-electron chi connectivity index (χ0n) is 17.9. The molecule has 0 radical (unpaired) electrons. The van der Waals surface area contributed by atoms with Crippen molar-refractivity contribution in [3.63, 3.8) is 0 Å². The fraction of sp³-hybridized carbons (Fsp3) is 0.280. The van der Waals surface area contributed by atoms with E-state index in [1.165, 1.54) is 23.3 Å². The van der Waals surface area contributed by atoms with Crippen LogP contribution in [0.3, 0.4) is 0 Å². The number of nitrogens with one attached hydrogen (secondary N) is 1. The van der Waals surface area contributed by atoms with Gasteiger partial charge in [-0.05, 0) is 81.5 Å². The smallest absolute Gasteiger partial charge is 0.268 e. The number of anilines is 1. The van der Waals surface area contributed by atoms with Gasteiger partial charge in [0.25, 0.3) is 5.91 Å². The summed E-state index contributed by atoms with van der Waals surface area (Å²) in [7, 11) is 0. The summed E-state index contributed by atoms with van der Waals surface area (Å²) in [6.45, 7) is 3.56. The lowest BCUT2D eigenvalue weighted by Crippen LogP contribution is -2.42. The highest BCUT2D eigenvalue weighted by atomic mass is 35.5. The SMILES string of the molecule is CC(C)(Oc1ccc(Cl)cc1)C(=O)Nc1sc2c(c1-c1nc3ccccc3s1)CCCC2. The number of hydrogen-bond donors (Lipinski definition) is 1. The lowest BCUT2D eigenvalue weighted by atomic mass is 9.95. The fourth-order valence-corrected chi connectivity index (χ4v) is 6.48. The molecular weight excluding hydrogens is 460 g/mol. The number of halogens is 1. The third-order valence-corrected chi connectivity index (χ3v) is 8.15. The first kappa shape index (κ1) is 21.4. The average molecular weight is 483 g/mol. The predicted molar refractivity (Wildman–Crippen MR) is 134 cm³/mol. The van der Waals surface area contributed by atoms with Crippen LogP contribution in [0.15, 0.2) is 48.5 Å². The van der Waals surface area contributed by atoms with Crippen LogP contribution in [-0.4, -0.2) is 16.5 Å². The molecule has 2 aromatic heterocycles. The molecule has 0 fully saturated rings. The number of carbonyl (C=O) groups excluding carboxylic acids is 1. The summed E-state index contributed by atoms with van der Waals surface area (Å²) in [6, 6.07) is 15.2. The van der Waals surface area contributed by atoms with E-state index in [4.69, 9.17) is 21.3 Å². The van der Waals surface area contributed by atoms with Crippen molar-refractivity contribution in [2.75, 3.05) is 5.32 Å². The average Bonchev–Trinajstić information content (AvgIpc) is 3.35. The standard InChI is InChI=1S/C25H23ClN2O2S2/c1-25(2,30-16-13-11-15(26)12-14-16)24(29)28-23-21(17-7-3-5-9-19(17)31-23)22-27-18-8-4-6-10-20(18)32-22/h4,6,8,10-14H,3,5,7,9H2,1-2H3,(H,28,29). The Labute approximate surface area is 200 Å². The van der Waals surface area contributed by atoms with Gasteiger partial charge in [0, 0.05) is 15.5 Å². The number of fused-ring (bicyclic) bond motifs is 2. The molecule has 1 aliphatic carbocycles. The number of para-hydroxylation sites is 1. The first-order chi connectivity index (χ1) is 15.4. The van der Waals surface area contributed by atoms with Gasteiger partial charge in [-0.25, -0.2) is 4.98 Å². The molecule has 1 amide bonds. The highest BCUT2D eigenvalue weighted by Crippen LogP contribution is 2.46. The number of thiophene rings is 1. The molecular formula is C25H23ClN2O2S2. The second-order valence-electron chi connectivity index (χ2n) is 8.42. The second-order valence-corrected chi connectivity index (χ2v) is 11.0. The maximum atomic E-state index is 13.3. The van der Waals surface area contributed by atoms with Crippen LogP contribution in [-0.2, 0) is 17.6 Å². The van der Waals surface area contributed by atoms with Gasteiger partial charge < -0.3 is 10.1 Å². The minimum atomic E-state index is -1.05. The van der Waals surface area contributed by atoms with Gasteiger partial charge in [-0.3, -0.25) is 4.79 Å². The lowest BCUT2D eigenvalue weighted by molar-refractivity contribution is -0.128. The van der Waals surface area contributed by atoms with Crippen LogP contribution in [0.5, 0.6) is 5.75 Å². The molecule has 0 saturated carbocycles. The van der Waals surface area contributed by atoms with E-state index < -0.39 is 5.60 Å². The molecule has 0 atom stereocenters. The minimum absolute atomic E-state index is 0.187. The summed E-state index contributed by atoms with van der Waals surface area (Å²) in [5.41, 5.74) is 2.36. The van der Waals surface area contributed by atoms with E-state index in [1.54, 1.807) is 60.8 Å². The van der Waals surface area contributed by atoms with Gasteiger partial charge in [0.1, 0.15) is 15.8 Å². The number of amides is 1. The van der Waals surface area contributed by atoms with Crippen molar-refractivity contribution >= 4 is 55.4 Å². The molecule has 0 spiro atoms. The van der Waals surface area contributed by atoms with Crippen molar-refractivity contribution < 1.29 is 9.53 Å². The number of aryl methyl sites for hydroxylation is 1. The van der Waals surface area contributed by atoms with E-state index in [2.05, 4.69) is 11.4 Å². The number of aromatic nitrogens is 1. The molecule has 2 heterocycles. The molecule has 4 nitrogen and oxygen atoms in total. The van der Waals surface area contributed by atoms with E-state index in [0.29, 0.717) is 10.8 Å². The number of thiazole rings is 1. The van der Waals surface area contributed by atoms with E-state index in [-0.39, 0.29) is 5.91 Å². The minimum Gasteiger partial charge on any atom is -0.478 e. The van der Waals surface area contributed by atoms with Crippen molar-refractivity contribution in [3.8, 4) is 16.3 Å². The maximum Gasteiger partial charge on any atom is 0.268 e. The van der Waals surface area contributed by atoms with E-state index in [0.717, 1.165) is 38.6 Å². The molecule has 0 bridgehead atoms. The third kappa shape index (κ3) is 4.15. The van der Waals surface area contributed by atoms with Crippen LogP contribution in [0, 0.1) is 0 Å². The molecule has 32 heavy (non-hydrogen) atoms. The first-order valence-corrected chi connectivity index (χ1v) is 12.7. The fourth-order valence-electron chi connectivity index (χ4n) is 3.96. The predicted octanol–water partition coefficient (Wildman–Crippen LogP) is 7.35. The molecule has 0 unspecified atom stereocenters. The van der Waals surface area contributed by atoms with Gasteiger partial charge >= 0.3 is 0 Å². The van der Waals surface area contributed by atoms with Gasteiger partial charge in [-0.15, -0.1) is 22.7 Å². The lowest BCUT2D eigenvalue weighted by Gasteiger charge is -2.25. The highest BCUT2D eigenvalue weighted by molar-refractivity contribution is 7.22. The Morgan fingerprint density at radius 2 is 1.81 bits per heavy atom. The van der Waals surface area contributed by atoms with Gasteiger partial charge in [-0.1, -0.05) is 23.7 Å². The Balaban J connectivity index is 1.48. The van der Waals surface area contributed by atoms with Crippen molar-refractivity contribution in [1.29, 1.82) is 0 Å². The molecule has 5 rings (SSSR count). The largest absolute Gasteiger partial charge is 0.478 e. The molecule has 7 heteroatoms. The zero-order valence-corrected chi connectivity index (χ0v) is 20.3. The summed E-state index contributed by atoms with van der Waals surface area (Å²) in [6.07, 6.45) is 4.43. The summed E-state index contributed by atoms with van der Waals surface area (Å²) < 4.78 is 7.16. The van der Waals surface area contributed by atoms with Crippen molar-refractivity contribution in [1.82, 2.24) is 4.98 Å². The number of benzene rings is 2. The summed E-state index contributed by atoms with van der Waals surface area (Å²) in [5.74, 6) is 0.417. The molecule has 4 aromatic rings. The number of rotatable bonds is 5. The number of ether oxygens (including phenoxy) is 1. The topological polar surface area (TPSA) is 51.2 Å². The molecule has 164 valence electrons. The summed E-state index contributed by atoms with van der Waals surface area (Å²) in [4.78, 5) is 19.6. The molecule has 1 aliphatic rings. The van der Waals surface area contributed by atoms with Crippen LogP contribution in [0.1, 0.15) is 37.1 Å². The van der Waals surface area contributed by atoms with E-state index in [9.17, 15) is 4.79 Å². The van der Waals surface area contributed by atoms with Crippen LogP contribution in [0.2, 0.25) is 5.02 Å². The van der Waals surface area contributed by atoms with Crippen molar-refractivity contribution in [2.45, 2.75) is 45.1 Å². The van der Waals surface area contributed by atoms with Gasteiger partial charge in [-0.2, -0.15) is 0 Å². The van der Waals surface area contributed by atoms with E-state index in [1.807, 2.05) is 18.2 Å². The quantitative estimate of drug-likeness (QED) is 0.323. The first-order valence-electron chi connectivity index (χ1n) is 10.7. The van der Waals surface area contributed by atoms with E-state index >= 15 is 0 Å². The Morgan fingerprint density at radius 3 is 2.59 bits per heavy atom. The third-order valence-electron chi connectivity index (χ3n) is 5.64. The van der Waals surface area contributed by atoms with Gasteiger partial charge in [0.15, 0.2) is 5.60 Å². The second kappa shape index (κ2) is 8.50. The zero-order chi connectivity index (χ0) is 22.3. The van der Waals surface area contributed by atoms with Gasteiger partial charge in [0.2, 0.25) is 0 Å². The van der Waals surface area contributed by atoms with Crippen LogP contribution < -0.4 is 10.1 Å². The summed E-state index contributed by atoms with van der Waals surface area (Å²) in [5, 5.41) is 5.65.